The Bertz CT molecular complexity index is 1280. The molecule has 4 rings (SSSR count). The lowest BCUT2D eigenvalue weighted by atomic mass is 10.0. The van der Waals surface area contributed by atoms with Crippen molar-refractivity contribution >= 4 is 28.8 Å². The summed E-state index contributed by atoms with van der Waals surface area (Å²) in [5.41, 5.74) is 3.64. The maximum absolute atomic E-state index is 13.5. The van der Waals surface area contributed by atoms with Crippen molar-refractivity contribution in [1.82, 2.24) is 0 Å². The average molecular weight is 437 g/mol. The van der Waals surface area contributed by atoms with E-state index in [0.29, 0.717) is 22.6 Å². The van der Waals surface area contributed by atoms with Crippen LogP contribution in [0.15, 0.2) is 78.5 Å². The smallest absolute Gasteiger partial charge is 0.282 e. The van der Waals surface area contributed by atoms with Crippen molar-refractivity contribution in [3.05, 3.63) is 95.2 Å². The third-order valence-electron chi connectivity index (χ3n) is 5.26. The Morgan fingerprint density at radius 3 is 2.18 bits per heavy atom. The van der Waals surface area contributed by atoms with Crippen molar-refractivity contribution in [3.8, 4) is 11.8 Å². The number of anilines is 2. The minimum Gasteiger partial charge on any atom is -0.491 e. The standard InChI is InChI=1S/C27H23N3O3/c1-17(2)33-22-14-10-20(11-15-22)24-25(29-23-7-5-4-6-18(23)3)27(32)30(26(24)31)21-12-8-19(16-28)9-13-21/h4-15,17,29H,1-3H3. The fraction of sp³-hybridized carbons (Fsp3) is 0.148. The monoisotopic (exact) mass is 437 g/mol. The molecular weight excluding hydrogens is 414 g/mol. The van der Waals surface area contributed by atoms with Gasteiger partial charge in [-0.2, -0.15) is 5.26 Å². The highest BCUT2D eigenvalue weighted by molar-refractivity contribution is 6.46. The van der Waals surface area contributed by atoms with Gasteiger partial charge in [-0.25, -0.2) is 4.90 Å². The van der Waals surface area contributed by atoms with E-state index in [1.807, 2.05) is 51.1 Å². The highest BCUT2D eigenvalue weighted by Gasteiger charge is 2.40. The van der Waals surface area contributed by atoms with Gasteiger partial charge in [-0.15, -0.1) is 0 Å². The number of nitrogens with one attached hydrogen (secondary N) is 1. The number of hydrogen-bond donors (Lipinski definition) is 1. The van der Waals surface area contributed by atoms with Crippen LogP contribution in [0.25, 0.3) is 5.57 Å². The third-order valence-corrected chi connectivity index (χ3v) is 5.26. The summed E-state index contributed by atoms with van der Waals surface area (Å²) in [5.74, 6) is -0.202. The molecule has 6 heteroatoms. The molecule has 1 heterocycles. The van der Waals surface area contributed by atoms with E-state index < -0.39 is 11.8 Å². The van der Waals surface area contributed by atoms with Crippen molar-refractivity contribution in [1.29, 1.82) is 5.26 Å². The zero-order chi connectivity index (χ0) is 23.5. The number of ether oxygens (including phenoxy) is 1. The molecule has 1 N–H and O–H groups in total. The van der Waals surface area contributed by atoms with E-state index in [2.05, 4.69) is 5.32 Å². The lowest BCUT2D eigenvalue weighted by Gasteiger charge is -2.16. The summed E-state index contributed by atoms with van der Waals surface area (Å²) in [6, 6.07) is 23.1. The van der Waals surface area contributed by atoms with Crippen LogP contribution in [0.2, 0.25) is 0 Å². The summed E-state index contributed by atoms with van der Waals surface area (Å²) in [6.45, 7) is 5.81. The van der Waals surface area contributed by atoms with Crippen molar-refractivity contribution < 1.29 is 14.3 Å². The Hall–Kier alpha value is -4.37. The minimum absolute atomic E-state index is 0.0231. The van der Waals surface area contributed by atoms with Crippen LogP contribution in [0.1, 0.15) is 30.5 Å². The van der Waals surface area contributed by atoms with Crippen LogP contribution >= 0.6 is 0 Å². The van der Waals surface area contributed by atoms with Gasteiger partial charge in [0.15, 0.2) is 0 Å². The molecule has 1 aliphatic heterocycles. The summed E-state index contributed by atoms with van der Waals surface area (Å²) < 4.78 is 5.71. The molecule has 2 amide bonds. The molecule has 33 heavy (non-hydrogen) atoms. The Labute approximate surface area is 192 Å². The van der Waals surface area contributed by atoms with Gasteiger partial charge in [0.25, 0.3) is 11.8 Å². The second-order valence-corrected chi connectivity index (χ2v) is 7.99. The molecule has 0 saturated heterocycles. The van der Waals surface area contributed by atoms with E-state index in [-0.39, 0.29) is 17.4 Å². The Kier molecular flexibility index (Phi) is 5.97. The predicted octanol–water partition coefficient (Wildman–Crippen LogP) is 5.05. The number of nitriles is 1. The fourth-order valence-corrected chi connectivity index (χ4v) is 3.65. The molecular formula is C27H23N3O3. The molecule has 3 aromatic rings. The zero-order valence-electron chi connectivity index (χ0n) is 18.6. The van der Waals surface area contributed by atoms with Crippen molar-refractivity contribution in [3.63, 3.8) is 0 Å². The quantitative estimate of drug-likeness (QED) is 0.546. The van der Waals surface area contributed by atoms with Gasteiger partial charge in [-0.05, 0) is 74.4 Å². The zero-order valence-corrected chi connectivity index (χ0v) is 18.6. The highest BCUT2D eigenvalue weighted by Crippen LogP contribution is 2.35. The van der Waals surface area contributed by atoms with E-state index in [1.54, 1.807) is 48.5 Å². The van der Waals surface area contributed by atoms with Gasteiger partial charge in [0.05, 0.1) is 29.0 Å². The number of imide groups is 1. The molecule has 6 nitrogen and oxygen atoms in total. The predicted molar refractivity (Wildman–Crippen MR) is 128 cm³/mol. The number of nitrogens with zero attached hydrogens (tertiary/aromatic N) is 2. The van der Waals surface area contributed by atoms with Crippen LogP contribution in [0.4, 0.5) is 11.4 Å². The molecule has 0 aliphatic carbocycles. The molecule has 1 aliphatic rings. The number of hydrogen-bond acceptors (Lipinski definition) is 5. The van der Waals surface area contributed by atoms with Gasteiger partial charge in [-0.1, -0.05) is 30.3 Å². The summed E-state index contributed by atoms with van der Waals surface area (Å²) in [5, 5.41) is 12.3. The molecule has 164 valence electrons. The molecule has 0 radical (unpaired) electrons. The van der Waals surface area contributed by atoms with Crippen molar-refractivity contribution in [2.24, 2.45) is 0 Å². The molecule has 0 spiro atoms. The number of aryl methyl sites for hydroxylation is 1. The van der Waals surface area contributed by atoms with Crippen LogP contribution in [0.3, 0.4) is 0 Å². The molecule has 0 unspecified atom stereocenters. The molecule has 0 saturated carbocycles. The third kappa shape index (κ3) is 4.35. The van der Waals surface area contributed by atoms with E-state index >= 15 is 0 Å². The van der Waals surface area contributed by atoms with E-state index in [0.717, 1.165) is 16.2 Å². The van der Waals surface area contributed by atoms with Crippen LogP contribution in [0.5, 0.6) is 5.75 Å². The second kappa shape index (κ2) is 9.01. The normalized spacial score (nSPS) is 13.5. The highest BCUT2D eigenvalue weighted by atomic mass is 16.5. The Morgan fingerprint density at radius 2 is 1.58 bits per heavy atom. The largest absolute Gasteiger partial charge is 0.491 e. The van der Waals surface area contributed by atoms with Crippen LogP contribution in [-0.4, -0.2) is 17.9 Å². The number of rotatable bonds is 6. The average Bonchev–Trinajstić information content (AvgIpc) is 3.05. The maximum Gasteiger partial charge on any atom is 0.282 e. The van der Waals surface area contributed by atoms with Gasteiger partial charge >= 0.3 is 0 Å². The van der Waals surface area contributed by atoms with Crippen molar-refractivity contribution in [2.45, 2.75) is 26.9 Å². The summed E-state index contributed by atoms with van der Waals surface area (Å²) in [4.78, 5) is 28.1. The number of para-hydroxylation sites is 1. The first-order chi connectivity index (χ1) is 15.9. The molecule has 0 fully saturated rings. The van der Waals surface area contributed by atoms with Gasteiger partial charge in [0, 0.05) is 5.69 Å². The van der Waals surface area contributed by atoms with Crippen LogP contribution < -0.4 is 15.0 Å². The first-order valence-electron chi connectivity index (χ1n) is 10.6. The van der Waals surface area contributed by atoms with Gasteiger partial charge in [0.1, 0.15) is 11.4 Å². The van der Waals surface area contributed by atoms with Gasteiger partial charge < -0.3 is 10.1 Å². The van der Waals surface area contributed by atoms with Gasteiger partial charge in [-0.3, -0.25) is 9.59 Å². The van der Waals surface area contributed by atoms with Crippen LogP contribution in [-0.2, 0) is 9.59 Å². The summed E-state index contributed by atoms with van der Waals surface area (Å²) in [6.07, 6.45) is 0.0231. The first-order valence-corrected chi connectivity index (χ1v) is 10.6. The SMILES string of the molecule is Cc1ccccc1NC1=C(c2ccc(OC(C)C)cc2)C(=O)N(c2ccc(C#N)cc2)C1=O. The Morgan fingerprint density at radius 1 is 0.909 bits per heavy atom. The number of benzene rings is 3. The van der Waals surface area contributed by atoms with E-state index in [1.165, 1.54) is 0 Å². The van der Waals surface area contributed by atoms with Gasteiger partial charge in [0.2, 0.25) is 0 Å². The summed E-state index contributed by atoms with van der Waals surface area (Å²) >= 11 is 0. The first kappa shape index (κ1) is 21.8. The minimum atomic E-state index is -0.453. The Balaban J connectivity index is 1.78. The number of carbonyl (C=O) groups is 2. The maximum atomic E-state index is 13.5. The lowest BCUT2D eigenvalue weighted by Crippen LogP contribution is -2.32. The number of carbonyl (C=O) groups excluding carboxylic acids is 2. The summed E-state index contributed by atoms with van der Waals surface area (Å²) in [7, 11) is 0. The topological polar surface area (TPSA) is 82.4 Å². The second-order valence-electron chi connectivity index (χ2n) is 7.99. The lowest BCUT2D eigenvalue weighted by molar-refractivity contribution is -0.120. The number of amides is 2. The molecule has 0 atom stereocenters. The van der Waals surface area contributed by atoms with E-state index in [9.17, 15) is 9.59 Å². The molecule has 3 aromatic carbocycles. The molecule has 0 bridgehead atoms. The fourth-order valence-electron chi connectivity index (χ4n) is 3.65. The molecule has 0 aromatic heterocycles. The van der Waals surface area contributed by atoms with E-state index in [4.69, 9.17) is 10.00 Å². The van der Waals surface area contributed by atoms with Crippen molar-refractivity contribution in [2.75, 3.05) is 10.2 Å². The van der Waals surface area contributed by atoms with Crippen LogP contribution in [0, 0.1) is 18.3 Å².